The van der Waals surface area contributed by atoms with Gasteiger partial charge in [0.15, 0.2) is 6.61 Å². The van der Waals surface area contributed by atoms with Crippen LogP contribution in [0.4, 0.5) is 11.4 Å². The molecule has 2 aromatic carbocycles. The highest BCUT2D eigenvalue weighted by Crippen LogP contribution is 2.26. The fourth-order valence-electron chi connectivity index (χ4n) is 2.89. The minimum atomic E-state index is -3.61. The van der Waals surface area contributed by atoms with Gasteiger partial charge in [-0.25, -0.2) is 13.2 Å². The number of carbonyl (C=O) groups excluding carboxylic acids is 1. The molecule has 0 saturated carbocycles. The van der Waals surface area contributed by atoms with Crippen LogP contribution < -0.4 is 20.0 Å². The minimum Gasteiger partial charge on any atom is -0.484 e. The Bertz CT molecular complexity index is 1370. The molecular formula is C20H18N4O5S2. The Morgan fingerprint density at radius 3 is 2.55 bits per heavy atom. The van der Waals surface area contributed by atoms with E-state index >= 15 is 0 Å². The Hall–Kier alpha value is -3.57. The van der Waals surface area contributed by atoms with Gasteiger partial charge >= 0.3 is 5.69 Å². The SMILES string of the molecule is CN(c1ccc(OCC(=O)Nc2ccc3[nH]c(=O)[nH]c3c2)cc1)S(=O)(=O)c1cccs1. The van der Waals surface area contributed by atoms with Crippen molar-refractivity contribution in [2.24, 2.45) is 0 Å². The van der Waals surface area contributed by atoms with E-state index < -0.39 is 10.0 Å². The van der Waals surface area contributed by atoms with Crippen molar-refractivity contribution in [1.29, 1.82) is 0 Å². The molecule has 0 radical (unpaired) electrons. The summed E-state index contributed by atoms with van der Waals surface area (Å²) in [6, 6.07) is 14.6. The van der Waals surface area contributed by atoms with Crippen LogP contribution in [0.3, 0.4) is 0 Å². The predicted molar refractivity (Wildman–Crippen MR) is 119 cm³/mol. The van der Waals surface area contributed by atoms with E-state index in [1.54, 1.807) is 60.0 Å². The molecule has 9 nitrogen and oxygen atoms in total. The van der Waals surface area contributed by atoms with Crippen molar-refractivity contribution in [2.45, 2.75) is 4.21 Å². The highest BCUT2D eigenvalue weighted by atomic mass is 32.2. The number of rotatable bonds is 7. The summed E-state index contributed by atoms with van der Waals surface area (Å²) in [6.45, 7) is -0.232. The number of anilines is 2. The first-order chi connectivity index (χ1) is 14.8. The monoisotopic (exact) mass is 458 g/mol. The number of nitrogens with one attached hydrogen (secondary N) is 3. The van der Waals surface area contributed by atoms with E-state index in [1.807, 2.05) is 0 Å². The number of amides is 1. The first kappa shape index (κ1) is 20.7. The zero-order chi connectivity index (χ0) is 22.0. The van der Waals surface area contributed by atoms with Gasteiger partial charge in [0, 0.05) is 12.7 Å². The van der Waals surface area contributed by atoms with E-state index in [9.17, 15) is 18.0 Å². The Labute approximate surface area is 181 Å². The van der Waals surface area contributed by atoms with Crippen molar-refractivity contribution in [1.82, 2.24) is 9.97 Å². The van der Waals surface area contributed by atoms with Crippen LogP contribution in [0.15, 0.2) is 69.0 Å². The van der Waals surface area contributed by atoms with Gasteiger partial charge in [-0.3, -0.25) is 9.10 Å². The number of sulfonamides is 1. The van der Waals surface area contributed by atoms with Gasteiger partial charge in [-0.2, -0.15) is 0 Å². The molecule has 0 saturated heterocycles. The lowest BCUT2D eigenvalue weighted by atomic mass is 10.3. The molecule has 2 aromatic heterocycles. The van der Waals surface area contributed by atoms with Crippen molar-refractivity contribution in [3.63, 3.8) is 0 Å². The zero-order valence-corrected chi connectivity index (χ0v) is 17.9. The van der Waals surface area contributed by atoms with Gasteiger partial charge < -0.3 is 20.0 Å². The number of aromatic nitrogens is 2. The maximum atomic E-state index is 12.6. The molecule has 0 aliphatic carbocycles. The molecule has 31 heavy (non-hydrogen) atoms. The fraction of sp³-hybridized carbons (Fsp3) is 0.100. The Balaban J connectivity index is 1.36. The molecule has 1 amide bonds. The van der Waals surface area contributed by atoms with Crippen LogP contribution in [0.5, 0.6) is 5.75 Å². The van der Waals surface area contributed by atoms with Crippen LogP contribution >= 0.6 is 11.3 Å². The minimum absolute atomic E-state index is 0.232. The number of imidazole rings is 1. The van der Waals surface area contributed by atoms with Gasteiger partial charge in [0.05, 0.1) is 16.7 Å². The van der Waals surface area contributed by atoms with Crippen LogP contribution in [0.25, 0.3) is 11.0 Å². The van der Waals surface area contributed by atoms with Crippen molar-refractivity contribution < 1.29 is 17.9 Å². The Morgan fingerprint density at radius 1 is 1.10 bits per heavy atom. The van der Waals surface area contributed by atoms with Gasteiger partial charge in [0.2, 0.25) is 0 Å². The summed E-state index contributed by atoms with van der Waals surface area (Å²) >= 11 is 1.15. The first-order valence-corrected chi connectivity index (χ1v) is 11.4. The number of fused-ring (bicyclic) bond motifs is 1. The van der Waals surface area contributed by atoms with Gasteiger partial charge in [0.25, 0.3) is 15.9 Å². The number of thiophene rings is 1. The van der Waals surface area contributed by atoms with E-state index in [1.165, 1.54) is 11.4 Å². The summed E-state index contributed by atoms with van der Waals surface area (Å²) < 4.78 is 32.1. The predicted octanol–water partition coefficient (Wildman–Crippen LogP) is 2.76. The van der Waals surface area contributed by atoms with Crippen molar-refractivity contribution in [3.8, 4) is 5.75 Å². The molecule has 4 rings (SSSR count). The standard InChI is InChI=1S/C20H18N4O5S2/c1-24(31(27,28)19-3-2-10-30-19)14-5-7-15(8-6-14)29-12-18(25)21-13-4-9-16-17(11-13)23-20(26)22-16/h2-11H,12H2,1H3,(H,21,25)(H2,22,23,26). The normalized spacial score (nSPS) is 11.4. The summed E-state index contributed by atoms with van der Waals surface area (Å²) in [5, 5.41) is 4.40. The molecule has 2 heterocycles. The molecule has 0 aliphatic rings. The summed E-state index contributed by atoms with van der Waals surface area (Å²) in [5.74, 6) is 0.0462. The smallest absolute Gasteiger partial charge is 0.323 e. The molecule has 4 aromatic rings. The number of nitrogens with zero attached hydrogens (tertiary/aromatic N) is 1. The number of hydrogen-bond acceptors (Lipinski definition) is 6. The van der Waals surface area contributed by atoms with Crippen molar-refractivity contribution in [2.75, 3.05) is 23.3 Å². The second-order valence-corrected chi connectivity index (χ2v) is 9.72. The number of H-pyrrole nitrogens is 2. The topological polar surface area (TPSA) is 124 Å². The zero-order valence-electron chi connectivity index (χ0n) is 16.3. The second kappa shape index (κ2) is 8.28. The lowest BCUT2D eigenvalue weighted by molar-refractivity contribution is -0.118. The fourth-order valence-corrected chi connectivity index (χ4v) is 5.25. The summed E-state index contributed by atoms with van der Waals surface area (Å²) in [4.78, 5) is 28.7. The van der Waals surface area contributed by atoms with Gasteiger partial charge in [-0.05, 0) is 53.9 Å². The van der Waals surface area contributed by atoms with Crippen LogP contribution in [0.2, 0.25) is 0 Å². The third kappa shape index (κ3) is 4.47. The molecule has 0 unspecified atom stereocenters. The van der Waals surface area contributed by atoms with E-state index in [-0.39, 0.29) is 22.4 Å². The van der Waals surface area contributed by atoms with Gasteiger partial charge in [0.1, 0.15) is 9.96 Å². The Kier molecular flexibility index (Phi) is 5.53. The number of benzene rings is 2. The van der Waals surface area contributed by atoms with Crippen LogP contribution in [0.1, 0.15) is 0 Å². The number of aromatic amines is 2. The molecule has 0 aliphatic heterocycles. The largest absolute Gasteiger partial charge is 0.484 e. The van der Waals surface area contributed by atoms with Crippen molar-refractivity contribution in [3.05, 3.63) is 70.5 Å². The molecule has 0 spiro atoms. The third-order valence-corrected chi connectivity index (χ3v) is 7.64. The maximum Gasteiger partial charge on any atom is 0.323 e. The quantitative estimate of drug-likeness (QED) is 0.393. The molecule has 11 heteroatoms. The molecule has 0 bridgehead atoms. The van der Waals surface area contributed by atoms with E-state index in [0.717, 1.165) is 11.3 Å². The summed E-state index contributed by atoms with van der Waals surface area (Å²) in [6.07, 6.45) is 0. The first-order valence-electron chi connectivity index (χ1n) is 9.10. The van der Waals surface area contributed by atoms with Crippen LogP contribution in [-0.4, -0.2) is 37.9 Å². The van der Waals surface area contributed by atoms with E-state index in [2.05, 4.69) is 15.3 Å². The van der Waals surface area contributed by atoms with Crippen LogP contribution in [0, 0.1) is 0 Å². The number of ether oxygens (including phenoxy) is 1. The molecule has 0 atom stereocenters. The highest BCUT2D eigenvalue weighted by Gasteiger charge is 2.22. The molecule has 160 valence electrons. The average molecular weight is 459 g/mol. The van der Waals surface area contributed by atoms with E-state index in [4.69, 9.17) is 4.74 Å². The maximum absolute atomic E-state index is 12.6. The third-order valence-electron chi connectivity index (χ3n) is 4.48. The lowest BCUT2D eigenvalue weighted by Gasteiger charge is -2.18. The van der Waals surface area contributed by atoms with Crippen LogP contribution in [-0.2, 0) is 14.8 Å². The molecule has 3 N–H and O–H groups in total. The number of carbonyl (C=O) groups is 1. The highest BCUT2D eigenvalue weighted by molar-refractivity contribution is 7.94. The average Bonchev–Trinajstić information content (AvgIpc) is 3.41. The van der Waals surface area contributed by atoms with Gasteiger partial charge in [-0.1, -0.05) is 6.07 Å². The van der Waals surface area contributed by atoms with Crippen molar-refractivity contribution >= 4 is 49.7 Å². The second-order valence-electron chi connectivity index (χ2n) is 6.57. The van der Waals surface area contributed by atoms with Gasteiger partial charge in [-0.15, -0.1) is 11.3 Å². The summed E-state index contributed by atoms with van der Waals surface area (Å²) in [7, 11) is -2.13. The lowest BCUT2D eigenvalue weighted by Crippen LogP contribution is -2.25. The summed E-state index contributed by atoms with van der Waals surface area (Å²) in [5.41, 5.74) is 1.90. The molecule has 0 fully saturated rings. The molecular weight excluding hydrogens is 440 g/mol. The Morgan fingerprint density at radius 2 is 1.84 bits per heavy atom. The van der Waals surface area contributed by atoms with E-state index in [0.29, 0.717) is 28.2 Å². The number of hydrogen-bond donors (Lipinski definition) is 3.